The molecule has 56 heavy (non-hydrogen) atoms. The molecule has 4 aromatic carbocycles. The lowest BCUT2D eigenvalue weighted by Gasteiger charge is -2.41. The van der Waals surface area contributed by atoms with Crippen LogP contribution >= 0.6 is 0 Å². The highest BCUT2D eigenvalue weighted by Crippen LogP contribution is 2.55. The molecule has 4 saturated heterocycles. The van der Waals surface area contributed by atoms with Crippen molar-refractivity contribution >= 4 is 23.2 Å². The number of hydrogen-bond donors (Lipinski definition) is 2. The minimum atomic E-state index is -3.03. The van der Waals surface area contributed by atoms with Crippen molar-refractivity contribution in [3.63, 3.8) is 0 Å². The van der Waals surface area contributed by atoms with Crippen molar-refractivity contribution < 1.29 is 23.5 Å². The number of piperidine rings is 3. The molecular formula is C47H52F2N4O3. The van der Waals surface area contributed by atoms with Gasteiger partial charge in [-0.15, -0.1) is 0 Å². The van der Waals surface area contributed by atoms with Crippen LogP contribution in [-0.4, -0.2) is 67.6 Å². The van der Waals surface area contributed by atoms with E-state index in [1.807, 2.05) is 30.3 Å². The molecule has 2 amide bonds. The highest BCUT2D eigenvalue weighted by atomic mass is 19.3. The van der Waals surface area contributed by atoms with Crippen LogP contribution in [-0.2, 0) is 15.5 Å². The predicted molar refractivity (Wildman–Crippen MR) is 216 cm³/mol. The van der Waals surface area contributed by atoms with E-state index in [0.29, 0.717) is 29.7 Å². The molecule has 2 N–H and O–H groups in total. The second kappa shape index (κ2) is 15.0. The maximum Gasteiger partial charge on any atom is 0.274 e. The van der Waals surface area contributed by atoms with Crippen molar-refractivity contribution in [1.82, 2.24) is 10.2 Å². The van der Waals surface area contributed by atoms with Crippen molar-refractivity contribution in [2.75, 3.05) is 55.6 Å². The fraction of sp³-hybridized carbons (Fsp3) is 0.447. The summed E-state index contributed by atoms with van der Waals surface area (Å²) in [5, 5.41) is 12.6. The number of anilines is 2. The number of fused-ring (bicyclic) bond motifs is 1. The summed E-state index contributed by atoms with van der Waals surface area (Å²) in [6.07, 6.45) is 6.69. The van der Waals surface area contributed by atoms with Gasteiger partial charge in [-0.25, -0.2) is 8.78 Å². The van der Waals surface area contributed by atoms with E-state index in [2.05, 4.69) is 68.5 Å². The van der Waals surface area contributed by atoms with E-state index >= 15 is 8.78 Å². The summed E-state index contributed by atoms with van der Waals surface area (Å²) >= 11 is 0. The number of hydrogen-bond acceptors (Lipinski definition) is 6. The fourth-order valence-corrected chi connectivity index (χ4v) is 10.7. The monoisotopic (exact) mass is 758 g/mol. The molecule has 4 aliphatic heterocycles. The number of phenols is 1. The topological polar surface area (TPSA) is 76.1 Å². The van der Waals surface area contributed by atoms with Gasteiger partial charge in [-0.05, 0) is 115 Å². The van der Waals surface area contributed by atoms with Gasteiger partial charge in [0.1, 0.15) is 5.75 Å². The third-order valence-electron chi connectivity index (χ3n) is 13.9. The summed E-state index contributed by atoms with van der Waals surface area (Å²) in [5.74, 6) is -3.68. The largest absolute Gasteiger partial charge is 0.508 e. The summed E-state index contributed by atoms with van der Waals surface area (Å²) in [4.78, 5) is 31.6. The van der Waals surface area contributed by atoms with Gasteiger partial charge in [-0.1, -0.05) is 60.7 Å². The van der Waals surface area contributed by atoms with E-state index < -0.39 is 5.92 Å². The number of phenolic OH excluding ortho intramolecular Hbond substituents is 1. The van der Waals surface area contributed by atoms with Crippen molar-refractivity contribution in [3.05, 3.63) is 125 Å². The number of amides is 2. The van der Waals surface area contributed by atoms with E-state index in [1.54, 1.807) is 6.07 Å². The summed E-state index contributed by atoms with van der Waals surface area (Å²) < 4.78 is 31.1. The zero-order valence-corrected chi connectivity index (χ0v) is 32.0. The first-order valence-corrected chi connectivity index (χ1v) is 20.7. The van der Waals surface area contributed by atoms with E-state index in [1.165, 1.54) is 75.2 Å². The molecule has 9 heteroatoms. The number of alkyl halides is 2. The molecule has 0 bridgehead atoms. The Morgan fingerprint density at radius 3 is 2.04 bits per heavy atom. The zero-order chi connectivity index (χ0) is 38.4. The first-order chi connectivity index (χ1) is 27.1. The minimum Gasteiger partial charge on any atom is -0.508 e. The Morgan fingerprint density at radius 1 is 0.714 bits per heavy atom. The van der Waals surface area contributed by atoms with E-state index in [4.69, 9.17) is 0 Å². The smallest absolute Gasteiger partial charge is 0.274 e. The number of carbonyl (C=O) groups excluding carboxylic acids is 2. The molecule has 4 aromatic rings. The van der Waals surface area contributed by atoms with Crippen LogP contribution in [0.25, 0.3) is 0 Å². The molecule has 0 radical (unpaired) electrons. The van der Waals surface area contributed by atoms with Gasteiger partial charge >= 0.3 is 0 Å². The molecular weight excluding hydrogens is 707 g/mol. The standard InChI is InChI=1S/C47H52F2N4O3/c48-47(49)29-41(33-4-2-1-3-5-33)44(40-15-14-38(54)28-42(40)47)35-8-12-36(13-9-35)52-23-18-32(19-24-52)30-51-25-20-46(31-51)21-26-53(27-22-46)37-10-6-34(7-11-37)39-16-17-43(55)50-45(39)56/h1-15,28,32,39,41,44,54H,16-27,29-31H2,(H,50,55,56)/t39?,41-,44-/m1/s1. The van der Waals surface area contributed by atoms with Crippen LogP contribution in [0.1, 0.15) is 96.9 Å². The average molecular weight is 759 g/mol. The summed E-state index contributed by atoms with van der Waals surface area (Å²) in [6, 6.07) is 31.2. The fourth-order valence-electron chi connectivity index (χ4n) is 10.7. The maximum absolute atomic E-state index is 15.6. The number of carbonyl (C=O) groups is 2. The SMILES string of the molecule is O=C1CCC(c2ccc(N3CCC4(CCN(CC5CCN(c6ccc([C@@H]7c8ccc(O)cc8C(F)(F)C[C@@H]7c7ccccc7)cc6)CC5)C4)CC3)cc2)C(=O)N1. The van der Waals surface area contributed by atoms with E-state index in [-0.39, 0.29) is 47.3 Å². The highest BCUT2D eigenvalue weighted by Gasteiger charge is 2.47. The van der Waals surface area contributed by atoms with E-state index in [9.17, 15) is 14.7 Å². The average Bonchev–Trinajstić information content (AvgIpc) is 3.60. The third kappa shape index (κ3) is 7.31. The normalized spacial score (nSPS) is 25.3. The van der Waals surface area contributed by atoms with Crippen molar-refractivity contribution in [2.45, 2.75) is 75.0 Å². The number of halogens is 2. The van der Waals surface area contributed by atoms with Gasteiger partial charge in [-0.2, -0.15) is 0 Å². The molecule has 9 rings (SSSR count). The molecule has 1 aliphatic carbocycles. The molecule has 4 fully saturated rings. The molecule has 5 aliphatic rings. The van der Waals surface area contributed by atoms with Gasteiger partial charge in [0, 0.05) is 80.9 Å². The quantitative estimate of drug-likeness (QED) is 0.184. The van der Waals surface area contributed by atoms with Crippen molar-refractivity contribution in [2.24, 2.45) is 11.3 Å². The Hall–Kier alpha value is -4.76. The van der Waals surface area contributed by atoms with Crippen LogP contribution in [0.3, 0.4) is 0 Å². The van der Waals surface area contributed by atoms with E-state index in [0.717, 1.165) is 42.9 Å². The summed E-state index contributed by atoms with van der Waals surface area (Å²) in [7, 11) is 0. The van der Waals surface area contributed by atoms with Gasteiger partial charge in [0.05, 0.1) is 5.92 Å². The van der Waals surface area contributed by atoms with Crippen LogP contribution in [0.4, 0.5) is 20.2 Å². The van der Waals surface area contributed by atoms with Crippen LogP contribution in [0.5, 0.6) is 5.75 Å². The molecule has 292 valence electrons. The van der Waals surface area contributed by atoms with Crippen LogP contribution in [0.15, 0.2) is 97.1 Å². The highest BCUT2D eigenvalue weighted by molar-refractivity contribution is 6.00. The minimum absolute atomic E-state index is 0.0640. The number of likely N-dealkylation sites (tertiary alicyclic amines) is 1. The van der Waals surface area contributed by atoms with Crippen LogP contribution in [0.2, 0.25) is 0 Å². The lowest BCUT2D eigenvalue weighted by atomic mass is 9.68. The van der Waals surface area contributed by atoms with Crippen molar-refractivity contribution in [1.29, 1.82) is 0 Å². The molecule has 1 unspecified atom stereocenters. The van der Waals surface area contributed by atoms with Crippen LogP contribution in [0, 0.1) is 11.3 Å². The number of rotatable bonds is 7. The molecule has 3 atom stereocenters. The number of imide groups is 1. The van der Waals surface area contributed by atoms with Crippen molar-refractivity contribution in [3.8, 4) is 5.75 Å². The second-order valence-electron chi connectivity index (χ2n) is 17.3. The van der Waals surface area contributed by atoms with Gasteiger partial charge in [-0.3, -0.25) is 14.9 Å². The molecule has 0 saturated carbocycles. The third-order valence-corrected chi connectivity index (χ3v) is 13.9. The lowest BCUT2D eigenvalue weighted by molar-refractivity contribution is -0.134. The summed E-state index contributed by atoms with van der Waals surface area (Å²) in [5.41, 5.74) is 6.26. The Labute approximate surface area is 328 Å². The van der Waals surface area contributed by atoms with Gasteiger partial charge < -0.3 is 19.8 Å². The second-order valence-corrected chi connectivity index (χ2v) is 17.3. The molecule has 7 nitrogen and oxygen atoms in total. The molecule has 1 spiro atoms. The Bertz CT molecular complexity index is 2040. The first kappa shape index (κ1) is 36.9. The number of nitrogens with zero attached hydrogens (tertiary/aromatic N) is 3. The Kier molecular flexibility index (Phi) is 9.84. The predicted octanol–water partition coefficient (Wildman–Crippen LogP) is 8.53. The molecule has 4 heterocycles. The first-order valence-electron chi connectivity index (χ1n) is 20.7. The van der Waals surface area contributed by atoms with Gasteiger partial charge in [0.15, 0.2) is 0 Å². The Morgan fingerprint density at radius 2 is 1.36 bits per heavy atom. The number of nitrogens with one attached hydrogen (secondary N) is 1. The lowest BCUT2D eigenvalue weighted by Crippen LogP contribution is -2.43. The van der Waals surface area contributed by atoms with Gasteiger partial charge in [0.2, 0.25) is 11.8 Å². The number of aromatic hydroxyl groups is 1. The van der Waals surface area contributed by atoms with Gasteiger partial charge in [0.25, 0.3) is 5.92 Å². The Balaban J connectivity index is 0.782. The maximum atomic E-state index is 15.6. The zero-order valence-electron chi connectivity index (χ0n) is 32.0. The number of benzene rings is 4. The molecule has 0 aromatic heterocycles. The summed E-state index contributed by atoms with van der Waals surface area (Å²) in [6.45, 7) is 7.69. The van der Waals surface area contributed by atoms with Crippen LogP contribution < -0.4 is 15.1 Å².